The van der Waals surface area contributed by atoms with Gasteiger partial charge in [-0.2, -0.15) is 0 Å². The lowest BCUT2D eigenvalue weighted by Gasteiger charge is -2.26. The molecule has 5 heteroatoms. The Morgan fingerprint density at radius 1 is 1.41 bits per heavy atom. The van der Waals surface area contributed by atoms with Crippen LogP contribution in [0.3, 0.4) is 0 Å². The van der Waals surface area contributed by atoms with E-state index in [0.29, 0.717) is 5.56 Å². The summed E-state index contributed by atoms with van der Waals surface area (Å²) in [6, 6.07) is 5.23. The minimum Gasteiger partial charge on any atom is -0.394 e. The van der Waals surface area contributed by atoms with E-state index >= 15 is 0 Å². The zero-order valence-electron chi connectivity index (χ0n) is 9.83. The molecule has 1 aromatic rings. The highest BCUT2D eigenvalue weighted by Gasteiger charge is 2.25. The minimum atomic E-state index is -1.01. The van der Waals surface area contributed by atoms with Crippen molar-refractivity contribution in [2.75, 3.05) is 13.2 Å². The molecule has 0 radical (unpaired) electrons. The third-order valence-corrected chi connectivity index (χ3v) is 3.40. The van der Waals surface area contributed by atoms with Gasteiger partial charge in [-0.3, -0.25) is 4.79 Å². The quantitative estimate of drug-likeness (QED) is 0.783. The first-order valence-electron chi connectivity index (χ1n) is 5.22. The molecule has 1 rings (SSSR count). The van der Waals surface area contributed by atoms with E-state index in [4.69, 9.17) is 10.2 Å². The summed E-state index contributed by atoms with van der Waals surface area (Å²) in [4.78, 5) is 11.9. The summed E-state index contributed by atoms with van der Waals surface area (Å²) in [5.74, 6) is -0.323. The number of halogens is 1. The zero-order valence-corrected chi connectivity index (χ0v) is 11.4. The molecule has 0 aromatic heterocycles. The fourth-order valence-electron chi connectivity index (χ4n) is 1.21. The van der Waals surface area contributed by atoms with Crippen molar-refractivity contribution in [2.45, 2.75) is 19.4 Å². The van der Waals surface area contributed by atoms with Crippen molar-refractivity contribution in [3.63, 3.8) is 0 Å². The van der Waals surface area contributed by atoms with E-state index in [1.54, 1.807) is 19.1 Å². The number of carbonyl (C=O) groups excluding carboxylic acids is 1. The fraction of sp³-hybridized carbons (Fsp3) is 0.417. The van der Waals surface area contributed by atoms with Crippen molar-refractivity contribution in [3.8, 4) is 0 Å². The predicted molar refractivity (Wildman–Crippen MR) is 68.9 cm³/mol. The topological polar surface area (TPSA) is 69.6 Å². The average Bonchev–Trinajstić information content (AvgIpc) is 2.32. The van der Waals surface area contributed by atoms with Gasteiger partial charge in [-0.15, -0.1) is 0 Å². The monoisotopic (exact) mass is 301 g/mol. The van der Waals surface area contributed by atoms with Gasteiger partial charge < -0.3 is 15.5 Å². The SMILES string of the molecule is Cc1ccc(C(=O)NC(C)(CO)CO)cc1Br. The summed E-state index contributed by atoms with van der Waals surface area (Å²) in [5.41, 5.74) is 0.512. The lowest BCUT2D eigenvalue weighted by molar-refractivity contribution is 0.0724. The molecular formula is C12H16BrNO3. The van der Waals surface area contributed by atoms with Gasteiger partial charge in [0.1, 0.15) is 0 Å². The van der Waals surface area contributed by atoms with Crippen LogP contribution in [0.1, 0.15) is 22.8 Å². The van der Waals surface area contributed by atoms with Crippen LogP contribution in [0.4, 0.5) is 0 Å². The summed E-state index contributed by atoms with van der Waals surface area (Å²) in [5, 5.41) is 20.8. The Labute approximate surface area is 109 Å². The van der Waals surface area contributed by atoms with Gasteiger partial charge in [-0.05, 0) is 31.5 Å². The molecule has 17 heavy (non-hydrogen) atoms. The smallest absolute Gasteiger partial charge is 0.251 e. The van der Waals surface area contributed by atoms with E-state index in [1.807, 2.05) is 13.0 Å². The second-order valence-corrected chi connectivity index (χ2v) is 5.15. The number of hydrogen-bond acceptors (Lipinski definition) is 3. The highest BCUT2D eigenvalue weighted by atomic mass is 79.9. The van der Waals surface area contributed by atoms with Gasteiger partial charge in [0, 0.05) is 10.0 Å². The van der Waals surface area contributed by atoms with Gasteiger partial charge >= 0.3 is 0 Å². The van der Waals surface area contributed by atoms with E-state index in [0.717, 1.165) is 10.0 Å². The molecule has 1 amide bonds. The van der Waals surface area contributed by atoms with Crippen LogP contribution >= 0.6 is 15.9 Å². The Morgan fingerprint density at radius 3 is 2.47 bits per heavy atom. The molecule has 94 valence electrons. The molecule has 3 N–H and O–H groups in total. The Kier molecular flexibility index (Phi) is 4.68. The van der Waals surface area contributed by atoms with Crippen LogP contribution in [0, 0.1) is 6.92 Å². The highest BCUT2D eigenvalue weighted by Crippen LogP contribution is 2.18. The minimum absolute atomic E-state index is 0.317. The molecule has 0 heterocycles. The summed E-state index contributed by atoms with van der Waals surface area (Å²) in [7, 11) is 0. The molecule has 0 aliphatic heterocycles. The maximum atomic E-state index is 11.9. The summed E-state index contributed by atoms with van der Waals surface area (Å²) in [6.07, 6.45) is 0. The molecule has 0 spiro atoms. The summed E-state index contributed by atoms with van der Waals surface area (Å²) in [6.45, 7) is 2.87. The van der Waals surface area contributed by atoms with Gasteiger partial charge in [-0.1, -0.05) is 22.0 Å². The van der Waals surface area contributed by atoms with E-state index in [2.05, 4.69) is 21.2 Å². The maximum Gasteiger partial charge on any atom is 0.251 e. The van der Waals surface area contributed by atoms with E-state index in [9.17, 15) is 4.79 Å². The van der Waals surface area contributed by atoms with Crippen LogP contribution < -0.4 is 5.32 Å². The van der Waals surface area contributed by atoms with Crippen LogP contribution in [-0.4, -0.2) is 34.9 Å². The second kappa shape index (κ2) is 5.62. The third-order valence-electron chi connectivity index (χ3n) is 2.55. The number of aliphatic hydroxyl groups is 2. The number of rotatable bonds is 4. The van der Waals surface area contributed by atoms with Crippen LogP contribution in [0.2, 0.25) is 0 Å². The number of aryl methyl sites for hydroxylation is 1. The van der Waals surface area contributed by atoms with Crippen molar-refractivity contribution in [1.82, 2.24) is 5.32 Å². The molecule has 0 unspecified atom stereocenters. The standard InChI is InChI=1S/C12H16BrNO3/c1-8-3-4-9(5-10(8)13)11(17)14-12(2,6-15)7-16/h3-5,15-16H,6-7H2,1-2H3,(H,14,17). The van der Waals surface area contributed by atoms with Gasteiger partial charge in [0.15, 0.2) is 0 Å². The first-order chi connectivity index (χ1) is 7.91. The molecule has 0 saturated heterocycles. The number of hydrogen-bond donors (Lipinski definition) is 3. The normalized spacial score (nSPS) is 11.4. The van der Waals surface area contributed by atoms with Crippen molar-refractivity contribution in [2.24, 2.45) is 0 Å². The fourth-order valence-corrected chi connectivity index (χ4v) is 1.59. The molecular weight excluding hydrogens is 286 g/mol. The molecule has 0 atom stereocenters. The first kappa shape index (κ1) is 14.2. The number of amides is 1. The van der Waals surface area contributed by atoms with Crippen LogP contribution in [0.5, 0.6) is 0 Å². The lowest BCUT2D eigenvalue weighted by atomic mass is 10.0. The van der Waals surface area contributed by atoms with Crippen molar-refractivity contribution >= 4 is 21.8 Å². The molecule has 0 fully saturated rings. The Balaban J connectivity index is 2.86. The Hall–Kier alpha value is -0.910. The Bertz CT molecular complexity index is 416. The largest absolute Gasteiger partial charge is 0.394 e. The molecule has 4 nitrogen and oxygen atoms in total. The van der Waals surface area contributed by atoms with E-state index in [1.165, 1.54) is 0 Å². The molecule has 1 aromatic carbocycles. The molecule has 0 saturated carbocycles. The van der Waals surface area contributed by atoms with Gasteiger partial charge in [0.05, 0.1) is 18.8 Å². The van der Waals surface area contributed by atoms with Crippen molar-refractivity contribution in [1.29, 1.82) is 0 Å². The summed E-state index contributed by atoms with van der Waals surface area (Å²) >= 11 is 3.35. The van der Waals surface area contributed by atoms with E-state index in [-0.39, 0.29) is 19.1 Å². The van der Waals surface area contributed by atoms with Gasteiger partial charge in [0.2, 0.25) is 0 Å². The average molecular weight is 302 g/mol. The zero-order chi connectivity index (χ0) is 13.1. The van der Waals surface area contributed by atoms with Crippen LogP contribution in [-0.2, 0) is 0 Å². The lowest BCUT2D eigenvalue weighted by Crippen LogP contribution is -2.51. The number of benzene rings is 1. The molecule has 0 aliphatic rings. The van der Waals surface area contributed by atoms with Gasteiger partial charge in [-0.25, -0.2) is 0 Å². The third kappa shape index (κ3) is 3.52. The molecule has 0 aliphatic carbocycles. The van der Waals surface area contributed by atoms with Crippen molar-refractivity contribution in [3.05, 3.63) is 33.8 Å². The highest BCUT2D eigenvalue weighted by molar-refractivity contribution is 9.10. The predicted octanol–water partition coefficient (Wildman–Crippen LogP) is 1.23. The second-order valence-electron chi connectivity index (χ2n) is 4.29. The van der Waals surface area contributed by atoms with E-state index < -0.39 is 5.54 Å². The Morgan fingerprint density at radius 2 is 2.00 bits per heavy atom. The summed E-state index contributed by atoms with van der Waals surface area (Å²) < 4.78 is 0.847. The van der Waals surface area contributed by atoms with Crippen molar-refractivity contribution < 1.29 is 15.0 Å². The number of carbonyl (C=O) groups is 1. The van der Waals surface area contributed by atoms with Crippen LogP contribution in [0.25, 0.3) is 0 Å². The van der Waals surface area contributed by atoms with Gasteiger partial charge in [0.25, 0.3) is 5.91 Å². The maximum absolute atomic E-state index is 11.9. The number of nitrogens with one attached hydrogen (secondary N) is 1. The molecule has 0 bridgehead atoms. The van der Waals surface area contributed by atoms with Crippen LogP contribution in [0.15, 0.2) is 22.7 Å². The first-order valence-corrected chi connectivity index (χ1v) is 6.01. The number of aliphatic hydroxyl groups excluding tert-OH is 2.